The first-order valence-corrected chi connectivity index (χ1v) is 7.65. The average molecular weight is 324 g/mol. The second kappa shape index (κ2) is 7.98. The molecule has 1 unspecified atom stereocenters. The van der Waals surface area contributed by atoms with Gasteiger partial charge in [-0.05, 0) is 18.6 Å². The van der Waals surface area contributed by atoms with Gasteiger partial charge in [-0.3, -0.25) is 4.79 Å². The van der Waals surface area contributed by atoms with Crippen LogP contribution in [0.3, 0.4) is 0 Å². The summed E-state index contributed by atoms with van der Waals surface area (Å²) in [5.74, 6) is -0.713. The number of aliphatic hydroxyl groups is 1. The Hall–Kier alpha value is -1.83. The van der Waals surface area contributed by atoms with Gasteiger partial charge >= 0.3 is 0 Å². The van der Waals surface area contributed by atoms with Crippen LogP contribution in [0.5, 0.6) is 0 Å². The molecule has 0 saturated heterocycles. The monoisotopic (exact) mass is 324 g/mol. The van der Waals surface area contributed by atoms with Crippen molar-refractivity contribution in [1.82, 2.24) is 10.3 Å². The van der Waals surface area contributed by atoms with E-state index in [1.807, 2.05) is 0 Å². The van der Waals surface area contributed by atoms with Crippen LogP contribution in [0.2, 0.25) is 0 Å². The number of aromatic nitrogens is 1. The second-order valence-corrected chi connectivity index (χ2v) is 5.53. The van der Waals surface area contributed by atoms with E-state index in [-0.39, 0.29) is 24.0 Å². The molecule has 0 aliphatic carbocycles. The fourth-order valence-corrected chi connectivity index (χ4v) is 2.68. The predicted molar refractivity (Wildman–Crippen MR) is 82.3 cm³/mol. The van der Waals surface area contributed by atoms with Crippen LogP contribution in [0.25, 0.3) is 10.6 Å². The molecule has 1 heterocycles. The van der Waals surface area contributed by atoms with Crippen molar-refractivity contribution in [2.75, 3.05) is 20.3 Å². The number of benzene rings is 1. The number of hydrogen-bond acceptors (Lipinski definition) is 5. The fraction of sp³-hybridized carbons (Fsp3) is 0.333. The molecular weight excluding hydrogens is 307 g/mol. The molecule has 0 aliphatic rings. The van der Waals surface area contributed by atoms with Crippen LogP contribution >= 0.6 is 11.3 Å². The third kappa shape index (κ3) is 4.33. The van der Waals surface area contributed by atoms with Gasteiger partial charge < -0.3 is 15.2 Å². The van der Waals surface area contributed by atoms with E-state index in [9.17, 15) is 14.3 Å². The van der Waals surface area contributed by atoms with Crippen molar-refractivity contribution in [3.8, 4) is 10.6 Å². The normalized spacial score (nSPS) is 12.1. The molecule has 0 bridgehead atoms. The van der Waals surface area contributed by atoms with Gasteiger partial charge in [0.05, 0.1) is 12.7 Å². The summed E-state index contributed by atoms with van der Waals surface area (Å²) >= 11 is 1.21. The van der Waals surface area contributed by atoms with Crippen LogP contribution in [-0.4, -0.2) is 42.4 Å². The molecule has 2 rings (SSSR count). The smallest absolute Gasteiger partial charge is 0.270 e. The van der Waals surface area contributed by atoms with E-state index >= 15 is 0 Å². The van der Waals surface area contributed by atoms with Crippen LogP contribution in [-0.2, 0) is 4.74 Å². The predicted octanol–water partition coefficient (Wildman–Crippen LogP) is 2.08. The van der Waals surface area contributed by atoms with Gasteiger partial charge in [0.1, 0.15) is 16.5 Å². The van der Waals surface area contributed by atoms with Gasteiger partial charge in [-0.2, -0.15) is 0 Å². The molecule has 0 spiro atoms. The molecule has 1 aromatic carbocycles. The summed E-state index contributed by atoms with van der Waals surface area (Å²) in [7, 11) is 1.50. The molecule has 1 aromatic heterocycles. The maximum Gasteiger partial charge on any atom is 0.270 e. The molecule has 1 amide bonds. The molecule has 0 fully saturated rings. The molecule has 1 atom stereocenters. The number of halogens is 1. The molecule has 118 valence electrons. The van der Waals surface area contributed by atoms with Crippen LogP contribution in [0.1, 0.15) is 16.9 Å². The third-order valence-electron chi connectivity index (χ3n) is 2.96. The number of carbonyl (C=O) groups excluding carboxylic acids is 1. The van der Waals surface area contributed by atoms with Gasteiger partial charge in [0.25, 0.3) is 5.91 Å². The highest BCUT2D eigenvalue weighted by atomic mass is 32.1. The second-order valence-electron chi connectivity index (χ2n) is 4.67. The summed E-state index contributed by atoms with van der Waals surface area (Å²) in [5, 5.41) is 14.2. The molecule has 0 aliphatic heterocycles. The number of methoxy groups -OCH3 is 1. The van der Waals surface area contributed by atoms with Crippen molar-refractivity contribution in [1.29, 1.82) is 0 Å². The minimum Gasteiger partial charge on any atom is -0.391 e. The number of ether oxygens (including phenoxy) is 1. The van der Waals surface area contributed by atoms with E-state index in [1.165, 1.54) is 24.5 Å². The maximum absolute atomic E-state index is 13.7. The number of amides is 1. The molecule has 0 saturated carbocycles. The number of aliphatic hydroxyl groups excluding tert-OH is 1. The highest BCUT2D eigenvalue weighted by molar-refractivity contribution is 7.13. The zero-order valence-electron chi connectivity index (χ0n) is 12.1. The Balaban J connectivity index is 1.94. The minimum absolute atomic E-state index is 0.226. The Labute approximate surface area is 131 Å². The van der Waals surface area contributed by atoms with Crippen molar-refractivity contribution in [3.63, 3.8) is 0 Å². The molecule has 7 heteroatoms. The van der Waals surface area contributed by atoms with Crippen molar-refractivity contribution < 1.29 is 19.0 Å². The third-order valence-corrected chi connectivity index (χ3v) is 3.84. The zero-order chi connectivity index (χ0) is 15.9. The van der Waals surface area contributed by atoms with Gasteiger partial charge in [0, 0.05) is 24.6 Å². The lowest BCUT2D eigenvalue weighted by Crippen LogP contribution is -2.28. The van der Waals surface area contributed by atoms with E-state index in [2.05, 4.69) is 10.3 Å². The average Bonchev–Trinajstić information content (AvgIpc) is 2.97. The minimum atomic E-state index is -0.616. The molecule has 5 nitrogen and oxygen atoms in total. The fourth-order valence-electron chi connectivity index (χ4n) is 1.85. The highest BCUT2D eigenvalue weighted by Crippen LogP contribution is 2.25. The summed E-state index contributed by atoms with van der Waals surface area (Å²) in [4.78, 5) is 16.1. The SMILES string of the molecule is COCC(O)CCNC(=O)c1csc(-c2ccccc2F)n1. The molecule has 0 radical (unpaired) electrons. The highest BCUT2D eigenvalue weighted by Gasteiger charge is 2.14. The number of nitrogens with zero attached hydrogens (tertiary/aromatic N) is 1. The quantitative estimate of drug-likeness (QED) is 0.818. The van der Waals surface area contributed by atoms with Gasteiger partial charge in [0.2, 0.25) is 0 Å². The lowest BCUT2D eigenvalue weighted by molar-refractivity contribution is 0.0587. The first-order chi connectivity index (χ1) is 10.6. The van der Waals surface area contributed by atoms with Crippen LogP contribution in [0.15, 0.2) is 29.6 Å². The molecule has 2 N–H and O–H groups in total. The Bertz CT molecular complexity index is 633. The van der Waals surface area contributed by atoms with Gasteiger partial charge in [-0.1, -0.05) is 12.1 Å². The van der Waals surface area contributed by atoms with E-state index in [4.69, 9.17) is 4.74 Å². The van der Waals surface area contributed by atoms with Crippen molar-refractivity contribution in [2.45, 2.75) is 12.5 Å². The molecule has 22 heavy (non-hydrogen) atoms. The summed E-state index contributed by atoms with van der Waals surface area (Å²) in [6.07, 6.45) is -0.223. The van der Waals surface area contributed by atoms with Crippen LogP contribution in [0.4, 0.5) is 4.39 Å². The Morgan fingerprint density at radius 2 is 2.27 bits per heavy atom. The summed E-state index contributed by atoms with van der Waals surface area (Å²) in [6, 6.07) is 6.30. The maximum atomic E-state index is 13.7. The first-order valence-electron chi connectivity index (χ1n) is 6.77. The van der Waals surface area contributed by atoms with Crippen molar-refractivity contribution >= 4 is 17.2 Å². The number of rotatable bonds is 7. The summed E-state index contributed by atoms with van der Waals surface area (Å²) in [6.45, 7) is 0.542. The van der Waals surface area contributed by atoms with Gasteiger partial charge in [0.15, 0.2) is 0 Å². The van der Waals surface area contributed by atoms with E-state index in [0.29, 0.717) is 23.5 Å². The lowest BCUT2D eigenvalue weighted by Gasteiger charge is -2.09. The number of carbonyl (C=O) groups is 1. The molecule has 2 aromatic rings. The first kappa shape index (κ1) is 16.5. The van der Waals surface area contributed by atoms with Crippen LogP contribution < -0.4 is 5.32 Å². The summed E-state index contributed by atoms with van der Waals surface area (Å²) < 4.78 is 18.5. The largest absolute Gasteiger partial charge is 0.391 e. The Morgan fingerprint density at radius 1 is 1.50 bits per heavy atom. The number of thiazole rings is 1. The van der Waals surface area contributed by atoms with E-state index in [0.717, 1.165) is 0 Å². The lowest BCUT2D eigenvalue weighted by atomic mass is 10.2. The van der Waals surface area contributed by atoms with Gasteiger partial charge in [-0.15, -0.1) is 11.3 Å². The van der Waals surface area contributed by atoms with Crippen molar-refractivity contribution in [3.05, 3.63) is 41.2 Å². The number of hydrogen-bond donors (Lipinski definition) is 2. The molecular formula is C15H17FN2O3S. The van der Waals surface area contributed by atoms with Crippen molar-refractivity contribution in [2.24, 2.45) is 0 Å². The zero-order valence-corrected chi connectivity index (χ0v) is 12.9. The standard InChI is InChI=1S/C15H17FN2O3S/c1-21-8-10(19)6-7-17-14(20)13-9-22-15(18-13)11-4-2-3-5-12(11)16/h2-5,9-10,19H,6-8H2,1H3,(H,17,20). The Kier molecular flexibility index (Phi) is 6.00. The Morgan fingerprint density at radius 3 is 3.00 bits per heavy atom. The van der Waals surface area contributed by atoms with Crippen LogP contribution in [0, 0.1) is 5.82 Å². The van der Waals surface area contributed by atoms with Gasteiger partial charge in [-0.25, -0.2) is 9.37 Å². The van der Waals surface area contributed by atoms with E-state index in [1.54, 1.807) is 23.6 Å². The summed E-state index contributed by atoms with van der Waals surface area (Å²) in [5.41, 5.74) is 0.617. The number of nitrogens with one attached hydrogen (secondary N) is 1. The topological polar surface area (TPSA) is 71.5 Å². The van der Waals surface area contributed by atoms with E-state index < -0.39 is 6.10 Å².